The van der Waals surface area contributed by atoms with E-state index in [9.17, 15) is 14.4 Å². The third-order valence-corrected chi connectivity index (χ3v) is 9.27. The molecule has 0 aromatic rings. The van der Waals surface area contributed by atoms with Crippen molar-refractivity contribution in [1.82, 2.24) is 0 Å². The quantitative estimate of drug-likeness (QED) is 0.0267. The van der Waals surface area contributed by atoms with Gasteiger partial charge in [0.25, 0.3) is 0 Å². The van der Waals surface area contributed by atoms with Gasteiger partial charge in [-0.05, 0) is 51.4 Å². The molecule has 0 N–H and O–H groups in total. The van der Waals surface area contributed by atoms with Crippen LogP contribution in [0.3, 0.4) is 0 Å². The van der Waals surface area contributed by atoms with Crippen LogP contribution in [0.4, 0.5) is 0 Å². The van der Waals surface area contributed by atoms with Gasteiger partial charge in [0.2, 0.25) is 0 Å². The molecular weight excluding hydrogens is 709 g/mol. The third kappa shape index (κ3) is 43.3. The molecule has 0 bridgehead atoms. The zero-order valence-electron chi connectivity index (χ0n) is 36.6. The van der Waals surface area contributed by atoms with Crippen molar-refractivity contribution in [2.24, 2.45) is 0 Å². The van der Waals surface area contributed by atoms with E-state index in [1.165, 1.54) is 64.2 Å². The van der Waals surface area contributed by atoms with Gasteiger partial charge in [-0.3, -0.25) is 14.4 Å². The summed E-state index contributed by atoms with van der Waals surface area (Å²) in [5.74, 6) is -1.02. The lowest BCUT2D eigenvalue weighted by Crippen LogP contribution is -2.30. The van der Waals surface area contributed by atoms with E-state index in [-0.39, 0.29) is 44.0 Å². The summed E-state index contributed by atoms with van der Waals surface area (Å²) in [4.78, 5) is 37.7. The van der Waals surface area contributed by atoms with Crippen LogP contribution in [0.15, 0.2) is 97.2 Å². The highest BCUT2D eigenvalue weighted by Gasteiger charge is 2.19. The lowest BCUT2D eigenvalue weighted by Gasteiger charge is -2.18. The van der Waals surface area contributed by atoms with Gasteiger partial charge in [-0.15, -0.1) is 0 Å². The number of carbonyl (C=O) groups is 3. The smallest absolute Gasteiger partial charge is 0.306 e. The van der Waals surface area contributed by atoms with Gasteiger partial charge in [0, 0.05) is 19.3 Å². The van der Waals surface area contributed by atoms with E-state index in [0.29, 0.717) is 12.8 Å². The standard InChI is InChI=1S/C51H82O6/c1-4-7-10-13-16-19-22-25-28-31-34-37-40-43-49(52)55-46-48(57-51(54)45-42-39-36-33-30-27-24-21-18-15-12-9-6-3)47-56-50(53)44-41-38-35-32-29-26-23-20-17-14-11-8-5-2/h7,9-10,12-13,15-16,18-19,21-22,24-25,28,31,34,48H,4-6,8,11,14,17,20,23,26-27,29-30,32-33,35-47H2,1-3H3/b10-7+,12-9+,16-13+,18-15+,22-19+,24-21+,28-25+,34-31+. The minimum Gasteiger partial charge on any atom is -0.462 e. The Kier molecular flexibility index (Phi) is 42.1. The molecule has 6 nitrogen and oxygen atoms in total. The van der Waals surface area contributed by atoms with Gasteiger partial charge >= 0.3 is 17.9 Å². The molecule has 0 fully saturated rings. The predicted octanol–water partition coefficient (Wildman–Crippen LogP) is 14.6. The lowest BCUT2D eigenvalue weighted by molar-refractivity contribution is -0.167. The van der Waals surface area contributed by atoms with Gasteiger partial charge in [-0.25, -0.2) is 0 Å². The van der Waals surface area contributed by atoms with Gasteiger partial charge in [0.05, 0.1) is 0 Å². The molecule has 0 amide bonds. The highest BCUT2D eigenvalue weighted by atomic mass is 16.6. The number of ether oxygens (including phenoxy) is 3. The zero-order chi connectivity index (χ0) is 41.5. The van der Waals surface area contributed by atoms with E-state index in [1.807, 2.05) is 60.8 Å². The maximum Gasteiger partial charge on any atom is 0.306 e. The maximum atomic E-state index is 12.7. The Balaban J connectivity index is 4.54. The molecule has 0 aliphatic rings. The van der Waals surface area contributed by atoms with Crippen LogP contribution >= 0.6 is 0 Å². The van der Waals surface area contributed by atoms with Crippen molar-refractivity contribution in [3.05, 3.63) is 97.2 Å². The molecule has 1 atom stereocenters. The average Bonchev–Trinajstić information content (AvgIpc) is 3.21. The number of carbonyl (C=O) groups excluding carboxylic acids is 3. The Morgan fingerprint density at radius 3 is 1.14 bits per heavy atom. The van der Waals surface area contributed by atoms with Gasteiger partial charge < -0.3 is 14.2 Å². The van der Waals surface area contributed by atoms with Gasteiger partial charge in [0.1, 0.15) is 13.2 Å². The number of hydrogen-bond donors (Lipinski definition) is 0. The fraction of sp³-hybridized carbons (Fsp3) is 0.627. The fourth-order valence-corrected chi connectivity index (χ4v) is 5.88. The molecule has 322 valence electrons. The van der Waals surface area contributed by atoms with Crippen LogP contribution in [0.2, 0.25) is 0 Å². The summed E-state index contributed by atoms with van der Waals surface area (Å²) in [7, 11) is 0. The molecule has 57 heavy (non-hydrogen) atoms. The second-order valence-electron chi connectivity index (χ2n) is 14.7. The van der Waals surface area contributed by atoms with Gasteiger partial charge in [-0.2, -0.15) is 0 Å². The summed E-state index contributed by atoms with van der Waals surface area (Å²) in [5.41, 5.74) is 0. The van der Waals surface area contributed by atoms with Crippen LogP contribution in [-0.2, 0) is 28.6 Å². The average molecular weight is 791 g/mol. The topological polar surface area (TPSA) is 78.9 Å². The fourth-order valence-electron chi connectivity index (χ4n) is 5.88. The van der Waals surface area contributed by atoms with Crippen LogP contribution in [0.5, 0.6) is 0 Å². The summed E-state index contributed by atoms with van der Waals surface area (Å²) in [6.45, 7) is 6.25. The van der Waals surface area contributed by atoms with Crippen molar-refractivity contribution in [1.29, 1.82) is 0 Å². The van der Waals surface area contributed by atoms with E-state index >= 15 is 0 Å². The molecule has 1 unspecified atom stereocenters. The van der Waals surface area contributed by atoms with Crippen LogP contribution in [-0.4, -0.2) is 37.2 Å². The Morgan fingerprint density at radius 1 is 0.368 bits per heavy atom. The largest absolute Gasteiger partial charge is 0.462 e. The molecule has 0 aromatic carbocycles. The first-order chi connectivity index (χ1) is 28.0. The molecule has 0 aliphatic heterocycles. The SMILES string of the molecule is CC/C=C/C=C/C=C/C=C/C=C/CCCC(=O)OCC(COC(=O)CCCCCCCCCCCCCCC)OC(=O)CCCCCCC/C=C/C=C/C=C/CC. The second kappa shape index (κ2) is 45.0. The highest BCUT2D eigenvalue weighted by Crippen LogP contribution is 2.14. The molecular formula is C51H82O6. The predicted molar refractivity (Wildman–Crippen MR) is 242 cm³/mol. The van der Waals surface area contributed by atoms with Gasteiger partial charge in [-0.1, -0.05) is 214 Å². The summed E-state index contributed by atoms with van der Waals surface area (Å²) in [6.07, 6.45) is 58.2. The molecule has 6 heteroatoms. The molecule has 0 saturated heterocycles. The molecule has 0 aromatic heterocycles. The maximum absolute atomic E-state index is 12.7. The molecule has 0 saturated carbocycles. The first-order valence-corrected chi connectivity index (χ1v) is 22.8. The Morgan fingerprint density at radius 2 is 0.702 bits per heavy atom. The molecule has 0 heterocycles. The summed E-state index contributed by atoms with van der Waals surface area (Å²) >= 11 is 0. The Bertz CT molecular complexity index is 1180. The number of rotatable bonds is 39. The van der Waals surface area contributed by atoms with Crippen molar-refractivity contribution in [2.75, 3.05) is 13.2 Å². The number of hydrogen-bond acceptors (Lipinski definition) is 6. The van der Waals surface area contributed by atoms with Crippen LogP contribution in [0, 0.1) is 0 Å². The van der Waals surface area contributed by atoms with Crippen molar-refractivity contribution in [2.45, 2.75) is 194 Å². The lowest BCUT2D eigenvalue weighted by atomic mass is 10.0. The summed E-state index contributed by atoms with van der Waals surface area (Å²) < 4.78 is 16.6. The van der Waals surface area contributed by atoms with E-state index < -0.39 is 6.10 Å². The van der Waals surface area contributed by atoms with Crippen molar-refractivity contribution in [3.8, 4) is 0 Å². The molecule has 0 rings (SSSR count). The number of unbranched alkanes of at least 4 members (excludes halogenated alkanes) is 18. The van der Waals surface area contributed by atoms with E-state index in [2.05, 4.69) is 57.2 Å². The molecule has 0 aliphatic carbocycles. The van der Waals surface area contributed by atoms with E-state index in [0.717, 1.165) is 77.0 Å². The number of allylic oxidation sites excluding steroid dienone is 16. The third-order valence-electron chi connectivity index (χ3n) is 9.27. The summed E-state index contributed by atoms with van der Waals surface area (Å²) in [6, 6.07) is 0. The highest BCUT2D eigenvalue weighted by molar-refractivity contribution is 5.71. The first kappa shape index (κ1) is 53.3. The van der Waals surface area contributed by atoms with Crippen molar-refractivity contribution >= 4 is 17.9 Å². The second-order valence-corrected chi connectivity index (χ2v) is 14.7. The van der Waals surface area contributed by atoms with Crippen LogP contribution in [0.1, 0.15) is 188 Å². The first-order valence-electron chi connectivity index (χ1n) is 22.8. The Labute approximate surface area is 349 Å². The normalized spacial score (nSPS) is 13.0. The Hall–Kier alpha value is -3.67. The summed E-state index contributed by atoms with van der Waals surface area (Å²) in [5, 5.41) is 0. The van der Waals surface area contributed by atoms with Crippen molar-refractivity contribution < 1.29 is 28.6 Å². The van der Waals surface area contributed by atoms with Crippen LogP contribution < -0.4 is 0 Å². The van der Waals surface area contributed by atoms with E-state index in [4.69, 9.17) is 14.2 Å². The van der Waals surface area contributed by atoms with Crippen molar-refractivity contribution in [3.63, 3.8) is 0 Å². The minimum atomic E-state index is -0.814. The molecule has 0 radical (unpaired) electrons. The van der Waals surface area contributed by atoms with Gasteiger partial charge in [0.15, 0.2) is 6.10 Å². The zero-order valence-corrected chi connectivity index (χ0v) is 36.6. The molecule has 0 spiro atoms. The van der Waals surface area contributed by atoms with Crippen LogP contribution in [0.25, 0.3) is 0 Å². The minimum absolute atomic E-state index is 0.108. The monoisotopic (exact) mass is 791 g/mol. The van der Waals surface area contributed by atoms with E-state index in [1.54, 1.807) is 0 Å². The number of esters is 3.